The maximum Gasteiger partial charge on any atom is 0.237 e. The summed E-state index contributed by atoms with van der Waals surface area (Å²) < 4.78 is 0. The molecule has 0 fully saturated rings. The molecule has 3 heteroatoms. The molecule has 22 heavy (non-hydrogen) atoms. The van der Waals surface area contributed by atoms with Crippen molar-refractivity contribution in [3.05, 3.63) is 69.8 Å². The van der Waals surface area contributed by atoms with Crippen LogP contribution in [0, 0.1) is 27.7 Å². The predicted molar refractivity (Wildman–Crippen MR) is 94.2 cm³/mol. The van der Waals surface area contributed by atoms with Gasteiger partial charge in [-0.15, -0.1) is 11.6 Å². The van der Waals surface area contributed by atoms with E-state index in [0.717, 1.165) is 33.4 Å². The van der Waals surface area contributed by atoms with Gasteiger partial charge in [-0.3, -0.25) is 4.79 Å². The molecule has 0 aliphatic carbocycles. The summed E-state index contributed by atoms with van der Waals surface area (Å²) in [4.78, 5) is 12.5. The van der Waals surface area contributed by atoms with Crippen molar-refractivity contribution in [1.82, 2.24) is 0 Å². The zero-order valence-corrected chi connectivity index (χ0v) is 14.8. The molecule has 0 spiro atoms. The van der Waals surface area contributed by atoms with E-state index in [0.29, 0.717) is 0 Å². The smallest absolute Gasteiger partial charge is 0.237 e. The molecular formula is C19H20Cl2O. The highest BCUT2D eigenvalue weighted by Crippen LogP contribution is 2.39. The zero-order valence-electron chi connectivity index (χ0n) is 13.3. The lowest BCUT2D eigenvalue weighted by Crippen LogP contribution is -2.38. The van der Waals surface area contributed by atoms with E-state index in [1.165, 1.54) is 0 Å². The first-order valence-corrected chi connectivity index (χ1v) is 8.15. The van der Waals surface area contributed by atoms with Crippen LogP contribution in [0.4, 0.5) is 0 Å². The van der Waals surface area contributed by atoms with E-state index in [4.69, 9.17) is 23.2 Å². The SMILES string of the molecule is Cc1ccc(C(CCl)(C(=O)Cl)c2ccc(C)cc2C)c(C)c1. The molecule has 0 radical (unpaired) electrons. The lowest BCUT2D eigenvalue weighted by molar-refractivity contribution is -0.114. The number of aryl methyl sites for hydroxylation is 4. The molecule has 2 aromatic carbocycles. The topological polar surface area (TPSA) is 17.1 Å². The third-order valence-corrected chi connectivity index (χ3v) is 4.94. The second kappa shape index (κ2) is 6.44. The summed E-state index contributed by atoms with van der Waals surface area (Å²) in [6.07, 6.45) is 0. The molecular weight excluding hydrogens is 315 g/mol. The Hall–Kier alpha value is -1.31. The van der Waals surface area contributed by atoms with Crippen LogP contribution in [0.2, 0.25) is 0 Å². The van der Waals surface area contributed by atoms with Crippen LogP contribution < -0.4 is 0 Å². The second-order valence-corrected chi connectivity index (χ2v) is 6.56. The normalized spacial score (nSPS) is 11.5. The van der Waals surface area contributed by atoms with Gasteiger partial charge in [0.15, 0.2) is 0 Å². The largest absolute Gasteiger partial charge is 0.280 e. The highest BCUT2D eigenvalue weighted by Gasteiger charge is 2.42. The number of alkyl halides is 1. The maximum atomic E-state index is 12.5. The fraction of sp³-hybridized carbons (Fsp3) is 0.316. The fourth-order valence-electron chi connectivity index (χ4n) is 3.14. The average molecular weight is 335 g/mol. The lowest BCUT2D eigenvalue weighted by atomic mass is 9.73. The summed E-state index contributed by atoms with van der Waals surface area (Å²) in [5, 5.41) is -0.443. The van der Waals surface area contributed by atoms with E-state index >= 15 is 0 Å². The molecule has 116 valence electrons. The fourth-order valence-corrected chi connectivity index (χ4v) is 3.89. The van der Waals surface area contributed by atoms with E-state index in [2.05, 4.69) is 12.1 Å². The van der Waals surface area contributed by atoms with E-state index in [1.54, 1.807) is 0 Å². The van der Waals surface area contributed by atoms with Crippen molar-refractivity contribution >= 4 is 28.4 Å². The summed E-state index contributed by atoms with van der Waals surface area (Å²) in [5.41, 5.74) is 5.07. The lowest BCUT2D eigenvalue weighted by Gasteiger charge is -2.32. The van der Waals surface area contributed by atoms with E-state index in [1.807, 2.05) is 52.0 Å². The number of rotatable bonds is 4. The van der Waals surface area contributed by atoms with Gasteiger partial charge in [-0.1, -0.05) is 47.5 Å². The number of hydrogen-bond acceptors (Lipinski definition) is 1. The molecule has 0 aliphatic rings. The van der Waals surface area contributed by atoms with E-state index in [-0.39, 0.29) is 5.88 Å². The minimum atomic E-state index is -1.02. The molecule has 2 aromatic rings. The minimum absolute atomic E-state index is 0.114. The van der Waals surface area contributed by atoms with Crippen molar-refractivity contribution in [3.8, 4) is 0 Å². The van der Waals surface area contributed by atoms with Crippen LogP contribution in [0.15, 0.2) is 36.4 Å². The first-order valence-electron chi connectivity index (χ1n) is 7.24. The van der Waals surface area contributed by atoms with Crippen LogP contribution in [-0.4, -0.2) is 11.1 Å². The molecule has 0 atom stereocenters. The molecule has 1 nitrogen and oxygen atoms in total. The number of carbonyl (C=O) groups excluding carboxylic acids is 1. The van der Waals surface area contributed by atoms with Crippen LogP contribution >= 0.6 is 23.2 Å². The minimum Gasteiger partial charge on any atom is -0.280 e. The second-order valence-electron chi connectivity index (χ2n) is 5.95. The van der Waals surface area contributed by atoms with Gasteiger partial charge in [0.2, 0.25) is 5.24 Å². The Balaban J connectivity index is 2.80. The molecule has 0 saturated carbocycles. The number of halogens is 2. The standard InChI is InChI=1S/C19H20Cl2O/c1-12-5-7-16(14(3)9-12)19(11-20,18(21)22)17-8-6-13(2)10-15(17)4/h5-10H,11H2,1-4H3. The Labute approximate surface area is 142 Å². The summed E-state index contributed by atoms with van der Waals surface area (Å²) in [5.74, 6) is 0.114. The molecule has 0 N–H and O–H groups in total. The highest BCUT2D eigenvalue weighted by atomic mass is 35.5. The molecule has 0 saturated heterocycles. The summed E-state index contributed by atoms with van der Waals surface area (Å²) in [6, 6.07) is 12.0. The van der Waals surface area contributed by atoms with Gasteiger partial charge >= 0.3 is 0 Å². The van der Waals surface area contributed by atoms with Crippen molar-refractivity contribution in [2.24, 2.45) is 0 Å². The van der Waals surface area contributed by atoms with Gasteiger partial charge in [0.05, 0.1) is 0 Å². The van der Waals surface area contributed by atoms with Crippen molar-refractivity contribution in [1.29, 1.82) is 0 Å². The zero-order chi connectivity index (χ0) is 16.5. The van der Waals surface area contributed by atoms with Crippen molar-refractivity contribution in [2.75, 3.05) is 5.88 Å². The molecule has 0 amide bonds. The van der Waals surface area contributed by atoms with Crippen LogP contribution in [0.5, 0.6) is 0 Å². The van der Waals surface area contributed by atoms with Gasteiger partial charge in [-0.2, -0.15) is 0 Å². The summed E-state index contributed by atoms with van der Waals surface area (Å²) in [6.45, 7) is 8.04. The van der Waals surface area contributed by atoms with Gasteiger partial charge in [-0.25, -0.2) is 0 Å². The van der Waals surface area contributed by atoms with Crippen LogP contribution in [0.1, 0.15) is 33.4 Å². The first-order chi connectivity index (χ1) is 10.3. The van der Waals surface area contributed by atoms with Gasteiger partial charge in [0.25, 0.3) is 0 Å². The van der Waals surface area contributed by atoms with Gasteiger partial charge in [-0.05, 0) is 61.5 Å². The Morgan fingerprint density at radius 3 is 1.59 bits per heavy atom. The third-order valence-electron chi connectivity index (χ3n) is 4.22. The van der Waals surface area contributed by atoms with Crippen LogP contribution in [-0.2, 0) is 10.2 Å². The number of carbonyl (C=O) groups is 1. The van der Waals surface area contributed by atoms with E-state index in [9.17, 15) is 4.79 Å². The Morgan fingerprint density at radius 1 is 0.909 bits per heavy atom. The van der Waals surface area contributed by atoms with Gasteiger partial charge in [0, 0.05) is 5.88 Å². The van der Waals surface area contributed by atoms with Crippen molar-refractivity contribution in [2.45, 2.75) is 33.1 Å². The van der Waals surface area contributed by atoms with Gasteiger partial charge in [0.1, 0.15) is 5.41 Å². The molecule has 2 rings (SSSR count). The maximum absolute atomic E-state index is 12.5. The predicted octanol–water partition coefficient (Wildman–Crippen LogP) is 5.21. The van der Waals surface area contributed by atoms with Crippen molar-refractivity contribution < 1.29 is 4.79 Å². The summed E-state index contributed by atoms with van der Waals surface area (Å²) in [7, 11) is 0. The summed E-state index contributed by atoms with van der Waals surface area (Å²) >= 11 is 12.4. The molecule has 0 heterocycles. The molecule has 0 unspecified atom stereocenters. The van der Waals surface area contributed by atoms with Crippen molar-refractivity contribution in [3.63, 3.8) is 0 Å². The molecule has 0 aromatic heterocycles. The number of benzene rings is 2. The van der Waals surface area contributed by atoms with Crippen LogP contribution in [0.3, 0.4) is 0 Å². The Morgan fingerprint density at radius 2 is 1.32 bits per heavy atom. The average Bonchev–Trinajstić information content (AvgIpc) is 2.43. The van der Waals surface area contributed by atoms with E-state index < -0.39 is 10.7 Å². The monoisotopic (exact) mass is 334 g/mol. The molecule has 0 aliphatic heterocycles. The third kappa shape index (κ3) is 2.80. The Kier molecular flexibility index (Phi) is 4.99. The number of hydrogen-bond donors (Lipinski definition) is 0. The van der Waals surface area contributed by atoms with Gasteiger partial charge < -0.3 is 0 Å². The highest BCUT2D eigenvalue weighted by molar-refractivity contribution is 6.66. The molecule has 0 bridgehead atoms. The first kappa shape index (κ1) is 17.1. The Bertz CT molecular complexity index is 668. The van der Waals surface area contributed by atoms with Crippen LogP contribution in [0.25, 0.3) is 0 Å². The quantitative estimate of drug-likeness (QED) is 0.554.